The fraction of sp³-hybridized carbons (Fsp3) is 0.176. The van der Waals surface area contributed by atoms with E-state index in [1.165, 1.54) is 12.1 Å². The molecule has 1 N–H and O–H groups in total. The first-order valence-corrected chi connectivity index (χ1v) is 6.62. The molecular weight excluding hydrogens is 267 g/mol. The van der Waals surface area contributed by atoms with Gasteiger partial charge < -0.3 is 5.32 Å². The molecule has 0 saturated heterocycles. The highest BCUT2D eigenvalue weighted by molar-refractivity contribution is 6.04. The fourth-order valence-electron chi connectivity index (χ4n) is 1.91. The summed E-state index contributed by atoms with van der Waals surface area (Å²) in [5.41, 5.74) is 1.97. The zero-order valence-electron chi connectivity index (χ0n) is 11.9. The summed E-state index contributed by atoms with van der Waals surface area (Å²) >= 11 is 0. The van der Waals surface area contributed by atoms with E-state index >= 15 is 0 Å². The molecule has 0 saturated carbocycles. The molecule has 21 heavy (non-hydrogen) atoms. The number of rotatable bonds is 3. The van der Waals surface area contributed by atoms with Crippen molar-refractivity contribution in [3.63, 3.8) is 0 Å². The van der Waals surface area contributed by atoms with Crippen molar-refractivity contribution in [3.05, 3.63) is 65.0 Å². The first kappa shape index (κ1) is 14.7. The Morgan fingerprint density at radius 1 is 1.19 bits per heavy atom. The zero-order chi connectivity index (χ0) is 15.4. The standard InChI is InChI=1S/C17H15FN2O/c1-11(2)12-3-5-13(6-4-12)17(21)20-15-7-8-16(18)14(9-15)10-19/h3-9,11H,1-2H3,(H,20,21). The molecule has 0 atom stereocenters. The lowest BCUT2D eigenvalue weighted by Gasteiger charge is -2.08. The minimum absolute atomic E-state index is 0.0945. The van der Waals surface area contributed by atoms with E-state index in [0.29, 0.717) is 17.2 Å². The van der Waals surface area contributed by atoms with Gasteiger partial charge in [-0.05, 0) is 41.8 Å². The van der Waals surface area contributed by atoms with Gasteiger partial charge in [0.2, 0.25) is 0 Å². The Morgan fingerprint density at radius 2 is 1.86 bits per heavy atom. The van der Waals surface area contributed by atoms with Gasteiger partial charge >= 0.3 is 0 Å². The number of carbonyl (C=O) groups is 1. The van der Waals surface area contributed by atoms with E-state index in [2.05, 4.69) is 19.2 Å². The van der Waals surface area contributed by atoms with Crippen LogP contribution in [-0.4, -0.2) is 5.91 Å². The SMILES string of the molecule is CC(C)c1ccc(C(=O)Nc2ccc(F)c(C#N)c2)cc1. The Hall–Kier alpha value is -2.67. The Bertz CT molecular complexity index is 700. The van der Waals surface area contributed by atoms with Gasteiger partial charge in [-0.2, -0.15) is 5.26 Å². The van der Waals surface area contributed by atoms with Gasteiger partial charge in [0.05, 0.1) is 5.56 Å². The normalized spacial score (nSPS) is 10.2. The third-order valence-electron chi connectivity index (χ3n) is 3.18. The molecule has 2 aromatic rings. The van der Waals surface area contributed by atoms with Crippen molar-refractivity contribution in [1.82, 2.24) is 0 Å². The lowest BCUT2D eigenvalue weighted by atomic mass is 10.0. The van der Waals surface area contributed by atoms with Crippen molar-refractivity contribution in [2.75, 3.05) is 5.32 Å². The van der Waals surface area contributed by atoms with Crippen LogP contribution in [0.5, 0.6) is 0 Å². The van der Waals surface area contributed by atoms with Crippen LogP contribution in [0.1, 0.15) is 41.3 Å². The maximum Gasteiger partial charge on any atom is 0.255 e. The molecule has 0 aliphatic heterocycles. The predicted octanol–water partition coefficient (Wildman–Crippen LogP) is 4.07. The summed E-state index contributed by atoms with van der Waals surface area (Å²) in [6, 6.07) is 13.0. The number of nitriles is 1. The fourth-order valence-corrected chi connectivity index (χ4v) is 1.91. The number of anilines is 1. The van der Waals surface area contributed by atoms with Crippen molar-refractivity contribution in [1.29, 1.82) is 5.26 Å². The lowest BCUT2D eigenvalue weighted by Crippen LogP contribution is -2.12. The van der Waals surface area contributed by atoms with Gasteiger partial charge in [0.1, 0.15) is 11.9 Å². The van der Waals surface area contributed by atoms with Crippen LogP contribution < -0.4 is 5.32 Å². The largest absolute Gasteiger partial charge is 0.322 e. The molecule has 1 amide bonds. The third-order valence-corrected chi connectivity index (χ3v) is 3.18. The number of nitrogens with zero attached hydrogens (tertiary/aromatic N) is 1. The molecule has 4 heteroatoms. The topological polar surface area (TPSA) is 52.9 Å². The summed E-state index contributed by atoms with van der Waals surface area (Å²) in [5, 5.41) is 11.4. The van der Waals surface area contributed by atoms with Crippen LogP contribution in [-0.2, 0) is 0 Å². The zero-order valence-corrected chi connectivity index (χ0v) is 11.9. The highest BCUT2D eigenvalue weighted by Gasteiger charge is 2.09. The molecule has 0 bridgehead atoms. The van der Waals surface area contributed by atoms with E-state index in [-0.39, 0.29) is 11.5 Å². The van der Waals surface area contributed by atoms with Crippen molar-refractivity contribution in [2.45, 2.75) is 19.8 Å². The van der Waals surface area contributed by atoms with Crippen LogP contribution >= 0.6 is 0 Å². The number of benzene rings is 2. The second kappa shape index (κ2) is 6.19. The molecule has 106 valence electrons. The molecule has 2 rings (SSSR count). The Morgan fingerprint density at radius 3 is 2.43 bits per heavy atom. The van der Waals surface area contributed by atoms with Gasteiger partial charge in [0.25, 0.3) is 5.91 Å². The summed E-state index contributed by atoms with van der Waals surface area (Å²) in [7, 11) is 0. The average Bonchev–Trinajstić information content (AvgIpc) is 2.49. The predicted molar refractivity (Wildman–Crippen MR) is 79.6 cm³/mol. The summed E-state index contributed by atoms with van der Waals surface area (Å²) in [6.07, 6.45) is 0. The van der Waals surface area contributed by atoms with E-state index in [1.54, 1.807) is 18.2 Å². The van der Waals surface area contributed by atoms with E-state index in [9.17, 15) is 9.18 Å². The lowest BCUT2D eigenvalue weighted by molar-refractivity contribution is 0.102. The highest BCUT2D eigenvalue weighted by Crippen LogP contribution is 2.17. The van der Waals surface area contributed by atoms with Crippen LogP contribution in [0.25, 0.3) is 0 Å². The molecule has 3 nitrogen and oxygen atoms in total. The van der Waals surface area contributed by atoms with Gasteiger partial charge in [-0.15, -0.1) is 0 Å². The summed E-state index contributed by atoms with van der Waals surface area (Å²) in [4.78, 5) is 12.1. The molecule has 0 aliphatic rings. The molecule has 0 radical (unpaired) electrons. The van der Waals surface area contributed by atoms with Crippen molar-refractivity contribution >= 4 is 11.6 Å². The van der Waals surface area contributed by atoms with E-state index < -0.39 is 5.82 Å². The maximum atomic E-state index is 13.2. The van der Waals surface area contributed by atoms with E-state index in [4.69, 9.17) is 5.26 Å². The number of halogens is 1. The van der Waals surface area contributed by atoms with Crippen LogP contribution in [0.15, 0.2) is 42.5 Å². The first-order valence-electron chi connectivity index (χ1n) is 6.62. The molecule has 2 aromatic carbocycles. The van der Waals surface area contributed by atoms with Crippen LogP contribution in [0.2, 0.25) is 0 Å². The molecule has 0 aromatic heterocycles. The number of amides is 1. The maximum absolute atomic E-state index is 13.2. The van der Waals surface area contributed by atoms with Gasteiger partial charge in [-0.25, -0.2) is 4.39 Å². The summed E-state index contributed by atoms with van der Waals surface area (Å²) in [6.45, 7) is 4.16. The molecular formula is C17H15FN2O. The molecule has 0 unspecified atom stereocenters. The van der Waals surface area contributed by atoms with Gasteiger partial charge in [-0.3, -0.25) is 4.79 Å². The Labute approximate surface area is 123 Å². The van der Waals surface area contributed by atoms with Crippen LogP contribution in [0.3, 0.4) is 0 Å². The summed E-state index contributed by atoms with van der Waals surface area (Å²) < 4.78 is 13.2. The van der Waals surface area contributed by atoms with E-state index in [1.807, 2.05) is 12.1 Å². The second-order valence-electron chi connectivity index (χ2n) is 5.04. The van der Waals surface area contributed by atoms with Crippen LogP contribution in [0, 0.1) is 17.1 Å². The average molecular weight is 282 g/mol. The number of hydrogen-bond acceptors (Lipinski definition) is 2. The van der Waals surface area contributed by atoms with Gasteiger partial charge in [-0.1, -0.05) is 26.0 Å². The smallest absolute Gasteiger partial charge is 0.255 e. The van der Waals surface area contributed by atoms with Crippen molar-refractivity contribution in [2.24, 2.45) is 0 Å². The molecule has 0 spiro atoms. The molecule has 0 aliphatic carbocycles. The first-order chi connectivity index (χ1) is 10.0. The van der Waals surface area contributed by atoms with E-state index in [0.717, 1.165) is 11.6 Å². The number of nitrogens with one attached hydrogen (secondary N) is 1. The van der Waals surface area contributed by atoms with Gasteiger partial charge in [0, 0.05) is 11.3 Å². The quantitative estimate of drug-likeness (QED) is 0.922. The number of carbonyl (C=O) groups excluding carboxylic acids is 1. The third kappa shape index (κ3) is 3.46. The monoisotopic (exact) mass is 282 g/mol. The Balaban J connectivity index is 2.16. The van der Waals surface area contributed by atoms with Crippen molar-refractivity contribution < 1.29 is 9.18 Å². The van der Waals surface area contributed by atoms with Crippen molar-refractivity contribution in [3.8, 4) is 6.07 Å². The highest BCUT2D eigenvalue weighted by atomic mass is 19.1. The molecule has 0 fully saturated rings. The van der Waals surface area contributed by atoms with Gasteiger partial charge in [0.15, 0.2) is 0 Å². The molecule has 0 heterocycles. The van der Waals surface area contributed by atoms with Crippen LogP contribution in [0.4, 0.5) is 10.1 Å². The Kier molecular flexibility index (Phi) is 4.34. The minimum atomic E-state index is -0.600. The second-order valence-corrected chi connectivity index (χ2v) is 5.04. The minimum Gasteiger partial charge on any atom is -0.322 e. The number of hydrogen-bond donors (Lipinski definition) is 1. The summed E-state index contributed by atoms with van der Waals surface area (Å²) in [5.74, 6) is -0.491.